The molecule has 1 atom stereocenters. The second kappa shape index (κ2) is 7.53. The number of aryl methyl sites for hydroxylation is 1. The van der Waals surface area contributed by atoms with Crippen molar-refractivity contribution in [1.29, 1.82) is 0 Å². The zero-order valence-electron chi connectivity index (χ0n) is 10.2. The van der Waals surface area contributed by atoms with E-state index in [1.807, 2.05) is 17.8 Å². The van der Waals surface area contributed by atoms with Crippen molar-refractivity contribution in [2.75, 3.05) is 13.1 Å². The normalized spacial score (nSPS) is 12.4. The first kappa shape index (κ1) is 13.3. The number of rotatable bonds is 7. The standard InChI is InChI=1S/C14H21NS/c1-4-8-15-10-13(3)16-11-14-7-5-6-12(2)9-14/h4-7,9,13,15H,1,8,10-11H2,2-3H3. The highest BCUT2D eigenvalue weighted by atomic mass is 32.2. The first-order chi connectivity index (χ1) is 7.72. The van der Waals surface area contributed by atoms with Gasteiger partial charge in [0.05, 0.1) is 0 Å². The maximum atomic E-state index is 3.69. The second-order valence-electron chi connectivity index (χ2n) is 4.06. The number of thioether (sulfide) groups is 1. The fourth-order valence-corrected chi connectivity index (χ4v) is 2.38. The van der Waals surface area contributed by atoms with E-state index in [0.717, 1.165) is 18.8 Å². The van der Waals surface area contributed by atoms with Crippen LogP contribution in [0.1, 0.15) is 18.1 Å². The molecule has 1 N–H and O–H groups in total. The monoisotopic (exact) mass is 235 g/mol. The topological polar surface area (TPSA) is 12.0 Å². The number of benzene rings is 1. The molecule has 1 unspecified atom stereocenters. The summed E-state index contributed by atoms with van der Waals surface area (Å²) < 4.78 is 0. The lowest BCUT2D eigenvalue weighted by Crippen LogP contribution is -2.22. The molecule has 1 rings (SSSR count). The molecule has 0 aliphatic rings. The van der Waals surface area contributed by atoms with Gasteiger partial charge in [0.25, 0.3) is 0 Å². The van der Waals surface area contributed by atoms with E-state index in [1.165, 1.54) is 11.1 Å². The van der Waals surface area contributed by atoms with Gasteiger partial charge in [0, 0.05) is 24.1 Å². The molecule has 1 aromatic carbocycles. The van der Waals surface area contributed by atoms with Gasteiger partial charge in [-0.1, -0.05) is 42.8 Å². The predicted octanol–water partition coefficient (Wildman–Crippen LogP) is 3.39. The molecule has 1 nitrogen and oxygen atoms in total. The van der Waals surface area contributed by atoms with Crippen LogP contribution in [0.15, 0.2) is 36.9 Å². The lowest BCUT2D eigenvalue weighted by Gasteiger charge is -2.11. The van der Waals surface area contributed by atoms with Crippen molar-refractivity contribution in [2.24, 2.45) is 0 Å². The van der Waals surface area contributed by atoms with Crippen LogP contribution in [0.25, 0.3) is 0 Å². The van der Waals surface area contributed by atoms with Gasteiger partial charge in [-0.2, -0.15) is 11.8 Å². The Labute approximate surface area is 103 Å². The minimum atomic E-state index is 0.639. The Morgan fingerprint density at radius 2 is 2.31 bits per heavy atom. The zero-order chi connectivity index (χ0) is 11.8. The highest BCUT2D eigenvalue weighted by molar-refractivity contribution is 7.99. The summed E-state index contributed by atoms with van der Waals surface area (Å²) in [5.41, 5.74) is 2.76. The predicted molar refractivity (Wildman–Crippen MR) is 75.0 cm³/mol. The van der Waals surface area contributed by atoms with Gasteiger partial charge in [-0.15, -0.1) is 6.58 Å². The van der Waals surface area contributed by atoms with Gasteiger partial charge in [0.2, 0.25) is 0 Å². The molecule has 0 radical (unpaired) electrons. The lowest BCUT2D eigenvalue weighted by molar-refractivity contribution is 0.740. The molecule has 0 heterocycles. The Kier molecular flexibility index (Phi) is 6.27. The Balaban J connectivity index is 2.25. The van der Waals surface area contributed by atoms with Gasteiger partial charge in [-0.25, -0.2) is 0 Å². The van der Waals surface area contributed by atoms with Crippen LogP contribution in [0.4, 0.5) is 0 Å². The molecule has 0 bridgehead atoms. The number of nitrogens with one attached hydrogen (secondary N) is 1. The van der Waals surface area contributed by atoms with E-state index in [2.05, 4.69) is 50.0 Å². The van der Waals surface area contributed by atoms with Gasteiger partial charge in [0.1, 0.15) is 0 Å². The van der Waals surface area contributed by atoms with E-state index in [1.54, 1.807) is 0 Å². The van der Waals surface area contributed by atoms with Crippen LogP contribution in [-0.2, 0) is 5.75 Å². The summed E-state index contributed by atoms with van der Waals surface area (Å²) >= 11 is 1.99. The summed E-state index contributed by atoms with van der Waals surface area (Å²) in [6.45, 7) is 10.0. The smallest absolute Gasteiger partial charge is 0.0187 e. The molecule has 0 fully saturated rings. The molecule has 88 valence electrons. The summed E-state index contributed by atoms with van der Waals surface area (Å²) in [7, 11) is 0. The second-order valence-corrected chi connectivity index (χ2v) is 5.48. The van der Waals surface area contributed by atoms with Crippen LogP contribution >= 0.6 is 11.8 Å². The molecule has 1 aromatic rings. The summed E-state index contributed by atoms with van der Waals surface area (Å²) in [6.07, 6.45) is 1.90. The fraction of sp³-hybridized carbons (Fsp3) is 0.429. The van der Waals surface area contributed by atoms with Gasteiger partial charge in [-0.05, 0) is 12.5 Å². The largest absolute Gasteiger partial charge is 0.312 e. The van der Waals surface area contributed by atoms with Crippen molar-refractivity contribution < 1.29 is 0 Å². The van der Waals surface area contributed by atoms with Crippen LogP contribution in [0.5, 0.6) is 0 Å². The van der Waals surface area contributed by atoms with Crippen LogP contribution in [0.3, 0.4) is 0 Å². The van der Waals surface area contributed by atoms with E-state index in [4.69, 9.17) is 0 Å². The first-order valence-electron chi connectivity index (χ1n) is 5.71. The molecule has 2 heteroatoms. The molecule has 0 spiro atoms. The summed E-state index contributed by atoms with van der Waals surface area (Å²) in [5, 5.41) is 3.98. The van der Waals surface area contributed by atoms with E-state index < -0.39 is 0 Å². The van der Waals surface area contributed by atoms with Crippen LogP contribution < -0.4 is 5.32 Å². The highest BCUT2D eigenvalue weighted by Crippen LogP contribution is 2.17. The van der Waals surface area contributed by atoms with Crippen LogP contribution in [-0.4, -0.2) is 18.3 Å². The maximum absolute atomic E-state index is 3.69. The minimum Gasteiger partial charge on any atom is -0.312 e. The quantitative estimate of drug-likeness (QED) is 0.574. The van der Waals surface area contributed by atoms with Crippen molar-refractivity contribution in [3.63, 3.8) is 0 Å². The Morgan fingerprint density at radius 1 is 1.50 bits per heavy atom. The number of hydrogen-bond donors (Lipinski definition) is 1. The SMILES string of the molecule is C=CCNCC(C)SCc1cccc(C)c1. The van der Waals surface area contributed by atoms with Gasteiger partial charge in [0.15, 0.2) is 0 Å². The molecule has 0 saturated carbocycles. The fourth-order valence-electron chi connectivity index (χ4n) is 1.49. The molecule has 0 aliphatic heterocycles. The molecule has 0 saturated heterocycles. The van der Waals surface area contributed by atoms with Gasteiger partial charge in [-0.3, -0.25) is 0 Å². The third-order valence-electron chi connectivity index (χ3n) is 2.34. The highest BCUT2D eigenvalue weighted by Gasteiger charge is 2.02. The minimum absolute atomic E-state index is 0.639. The van der Waals surface area contributed by atoms with E-state index in [9.17, 15) is 0 Å². The van der Waals surface area contributed by atoms with Crippen molar-refractivity contribution in [1.82, 2.24) is 5.32 Å². The average molecular weight is 235 g/mol. The Morgan fingerprint density at radius 3 is 3.00 bits per heavy atom. The number of hydrogen-bond acceptors (Lipinski definition) is 2. The molecule has 0 aliphatic carbocycles. The van der Waals surface area contributed by atoms with Crippen molar-refractivity contribution >= 4 is 11.8 Å². The van der Waals surface area contributed by atoms with Gasteiger partial charge < -0.3 is 5.32 Å². The molecular weight excluding hydrogens is 214 g/mol. The third kappa shape index (κ3) is 5.38. The van der Waals surface area contributed by atoms with E-state index in [0.29, 0.717) is 5.25 Å². The van der Waals surface area contributed by atoms with Crippen molar-refractivity contribution in [3.05, 3.63) is 48.0 Å². The van der Waals surface area contributed by atoms with Crippen molar-refractivity contribution in [3.8, 4) is 0 Å². The van der Waals surface area contributed by atoms with Crippen LogP contribution in [0, 0.1) is 6.92 Å². The van der Waals surface area contributed by atoms with Gasteiger partial charge >= 0.3 is 0 Å². The Hall–Kier alpha value is -0.730. The van der Waals surface area contributed by atoms with Crippen LogP contribution in [0.2, 0.25) is 0 Å². The lowest BCUT2D eigenvalue weighted by atomic mass is 10.2. The molecule has 0 aromatic heterocycles. The van der Waals surface area contributed by atoms with Crippen molar-refractivity contribution in [2.45, 2.75) is 24.9 Å². The average Bonchev–Trinajstić information content (AvgIpc) is 2.27. The summed E-state index contributed by atoms with van der Waals surface area (Å²) in [5.74, 6) is 1.10. The van der Waals surface area contributed by atoms with E-state index >= 15 is 0 Å². The molecule has 0 amide bonds. The Bertz CT molecular complexity index is 322. The molecular formula is C14H21NS. The first-order valence-corrected chi connectivity index (χ1v) is 6.76. The molecule has 16 heavy (non-hydrogen) atoms. The zero-order valence-corrected chi connectivity index (χ0v) is 11.0. The third-order valence-corrected chi connectivity index (χ3v) is 3.57. The van der Waals surface area contributed by atoms with E-state index in [-0.39, 0.29) is 0 Å². The summed E-state index contributed by atoms with van der Waals surface area (Å²) in [6, 6.07) is 8.73. The summed E-state index contributed by atoms with van der Waals surface area (Å²) in [4.78, 5) is 0. The maximum Gasteiger partial charge on any atom is 0.0187 e.